The van der Waals surface area contributed by atoms with Gasteiger partial charge in [0.15, 0.2) is 5.60 Å². The Balaban J connectivity index is 0. The molecule has 0 aromatic rings. The summed E-state index contributed by atoms with van der Waals surface area (Å²) in [5.74, 6) is -5.02. The van der Waals surface area contributed by atoms with Crippen LogP contribution in [0.25, 0.3) is 0 Å². The predicted octanol–water partition coefficient (Wildman–Crippen LogP) is -1.97. The fraction of sp³-hybridized carbons (Fsp3) is 0.625. The van der Waals surface area contributed by atoms with Crippen molar-refractivity contribution >= 4 is 17.9 Å². The van der Waals surface area contributed by atoms with E-state index >= 15 is 0 Å². The number of carbonyl (C=O) groups is 3. The monoisotopic (exact) mass is 253 g/mol. The summed E-state index contributed by atoms with van der Waals surface area (Å²) in [6.07, 6.45) is -2.96. The van der Waals surface area contributed by atoms with Gasteiger partial charge in [-0.3, -0.25) is 9.59 Å². The van der Waals surface area contributed by atoms with Crippen LogP contribution in [-0.2, 0) is 14.4 Å². The van der Waals surface area contributed by atoms with Crippen molar-refractivity contribution in [2.75, 3.05) is 0 Å². The number of aliphatic hydroxyl groups is 2. The van der Waals surface area contributed by atoms with E-state index < -0.39 is 42.6 Å². The summed E-state index contributed by atoms with van der Waals surface area (Å²) in [6.45, 7) is 1.50. The number of hydrogen-bond donors (Lipinski definition) is 6. The van der Waals surface area contributed by atoms with Crippen molar-refractivity contribution in [3.8, 4) is 0 Å². The zero-order valence-corrected chi connectivity index (χ0v) is 9.03. The SMILES string of the molecule is CC(N)O.O=C(O)CC(O)(CC(=O)O)C(=O)O. The molecule has 100 valence electrons. The number of carboxylic acids is 3. The van der Waals surface area contributed by atoms with E-state index in [0.29, 0.717) is 0 Å². The van der Waals surface area contributed by atoms with Crippen LogP contribution in [0, 0.1) is 0 Å². The molecule has 0 bridgehead atoms. The lowest BCUT2D eigenvalue weighted by atomic mass is 9.96. The molecular weight excluding hydrogens is 238 g/mol. The van der Waals surface area contributed by atoms with Crippen LogP contribution < -0.4 is 5.73 Å². The highest BCUT2D eigenvalue weighted by molar-refractivity contribution is 5.88. The molecule has 9 nitrogen and oxygen atoms in total. The molecule has 1 unspecified atom stereocenters. The topological polar surface area (TPSA) is 178 Å². The molecular formula is C8H15NO8. The van der Waals surface area contributed by atoms with Crippen LogP contribution in [0.15, 0.2) is 0 Å². The van der Waals surface area contributed by atoms with E-state index in [4.69, 9.17) is 25.5 Å². The van der Waals surface area contributed by atoms with Gasteiger partial charge >= 0.3 is 17.9 Å². The normalized spacial score (nSPS) is 12.0. The van der Waals surface area contributed by atoms with E-state index in [1.807, 2.05) is 0 Å². The summed E-state index contributed by atoms with van der Waals surface area (Å²) in [7, 11) is 0. The third-order valence-corrected chi connectivity index (χ3v) is 1.29. The van der Waals surface area contributed by atoms with Crippen molar-refractivity contribution in [3.63, 3.8) is 0 Å². The number of aliphatic hydroxyl groups excluding tert-OH is 1. The van der Waals surface area contributed by atoms with E-state index in [2.05, 4.69) is 5.73 Å². The second kappa shape index (κ2) is 7.54. The zero-order chi connectivity index (χ0) is 14.2. The molecule has 0 heterocycles. The Bertz CT molecular complexity index is 268. The van der Waals surface area contributed by atoms with Gasteiger partial charge in [0.05, 0.1) is 19.1 Å². The summed E-state index contributed by atoms with van der Waals surface area (Å²) >= 11 is 0. The highest BCUT2D eigenvalue weighted by Gasteiger charge is 2.40. The van der Waals surface area contributed by atoms with Crippen molar-refractivity contribution in [2.45, 2.75) is 31.6 Å². The summed E-state index contributed by atoms with van der Waals surface area (Å²) in [6, 6.07) is 0. The molecule has 0 saturated heterocycles. The molecule has 0 amide bonds. The maximum atomic E-state index is 10.3. The van der Waals surface area contributed by atoms with E-state index in [9.17, 15) is 14.4 Å². The fourth-order valence-electron chi connectivity index (χ4n) is 0.714. The first kappa shape index (κ1) is 17.7. The third kappa shape index (κ3) is 10.6. The van der Waals surface area contributed by atoms with Gasteiger partial charge in [0.2, 0.25) is 0 Å². The van der Waals surface area contributed by atoms with Crippen molar-refractivity contribution in [1.82, 2.24) is 0 Å². The molecule has 17 heavy (non-hydrogen) atoms. The van der Waals surface area contributed by atoms with Crippen molar-refractivity contribution in [3.05, 3.63) is 0 Å². The van der Waals surface area contributed by atoms with Gasteiger partial charge in [-0.2, -0.15) is 0 Å². The molecule has 0 spiro atoms. The van der Waals surface area contributed by atoms with Crippen LogP contribution in [0.2, 0.25) is 0 Å². The first-order chi connectivity index (χ1) is 7.51. The maximum Gasteiger partial charge on any atom is 0.336 e. The van der Waals surface area contributed by atoms with E-state index in [1.54, 1.807) is 0 Å². The average molecular weight is 253 g/mol. The summed E-state index contributed by atoms with van der Waals surface area (Å²) < 4.78 is 0. The van der Waals surface area contributed by atoms with E-state index in [-0.39, 0.29) is 0 Å². The van der Waals surface area contributed by atoms with Gasteiger partial charge in [0.1, 0.15) is 0 Å². The molecule has 0 aliphatic heterocycles. The van der Waals surface area contributed by atoms with Gasteiger partial charge in [-0.05, 0) is 6.92 Å². The zero-order valence-electron chi connectivity index (χ0n) is 9.03. The highest BCUT2D eigenvalue weighted by atomic mass is 16.4. The Labute approximate surface area is 96.1 Å². The van der Waals surface area contributed by atoms with Gasteiger partial charge in [-0.1, -0.05) is 0 Å². The summed E-state index contributed by atoms with van der Waals surface area (Å²) in [5, 5.41) is 41.6. The second-order valence-corrected chi connectivity index (χ2v) is 3.22. The molecule has 9 heteroatoms. The fourth-order valence-corrected chi connectivity index (χ4v) is 0.714. The summed E-state index contributed by atoms with van der Waals surface area (Å²) in [5.41, 5.74) is 1.93. The molecule has 0 aliphatic rings. The number of aliphatic carboxylic acids is 3. The first-order valence-electron chi connectivity index (χ1n) is 4.34. The second-order valence-electron chi connectivity index (χ2n) is 3.22. The van der Waals surface area contributed by atoms with Gasteiger partial charge in [-0.25, -0.2) is 4.79 Å². The number of nitrogens with two attached hydrogens (primary N) is 1. The van der Waals surface area contributed by atoms with Gasteiger partial charge < -0.3 is 31.3 Å². The molecule has 0 aromatic carbocycles. The Morgan fingerprint density at radius 2 is 1.35 bits per heavy atom. The van der Waals surface area contributed by atoms with Crippen LogP contribution in [0.3, 0.4) is 0 Å². The minimum atomic E-state index is -2.74. The molecule has 0 aliphatic carbocycles. The van der Waals surface area contributed by atoms with Crippen molar-refractivity contribution in [2.24, 2.45) is 5.73 Å². The Morgan fingerprint density at radius 3 is 1.47 bits per heavy atom. The van der Waals surface area contributed by atoms with Crippen LogP contribution in [0.4, 0.5) is 0 Å². The lowest BCUT2D eigenvalue weighted by Gasteiger charge is -2.18. The highest BCUT2D eigenvalue weighted by Crippen LogP contribution is 2.15. The quantitative estimate of drug-likeness (QED) is 0.303. The number of rotatable bonds is 5. The third-order valence-electron chi connectivity index (χ3n) is 1.29. The molecule has 1 atom stereocenters. The Morgan fingerprint density at radius 1 is 1.12 bits per heavy atom. The maximum absolute atomic E-state index is 10.3. The molecule has 7 N–H and O–H groups in total. The lowest BCUT2D eigenvalue weighted by Crippen LogP contribution is -2.42. The summed E-state index contributed by atoms with van der Waals surface area (Å²) in [4.78, 5) is 30.5. The molecule has 0 radical (unpaired) electrons. The van der Waals surface area contributed by atoms with Gasteiger partial charge in [-0.15, -0.1) is 0 Å². The first-order valence-corrected chi connectivity index (χ1v) is 4.34. The van der Waals surface area contributed by atoms with Crippen molar-refractivity contribution in [1.29, 1.82) is 0 Å². The minimum Gasteiger partial charge on any atom is -0.481 e. The molecule has 0 saturated carbocycles. The minimum absolute atomic E-state index is 0.667. The van der Waals surface area contributed by atoms with Gasteiger partial charge in [0.25, 0.3) is 0 Å². The van der Waals surface area contributed by atoms with Crippen LogP contribution >= 0.6 is 0 Å². The van der Waals surface area contributed by atoms with Crippen LogP contribution in [-0.4, -0.2) is 55.3 Å². The largest absolute Gasteiger partial charge is 0.481 e. The van der Waals surface area contributed by atoms with Crippen molar-refractivity contribution < 1.29 is 39.9 Å². The Kier molecular flexibility index (Phi) is 7.85. The predicted molar refractivity (Wildman–Crippen MR) is 53.0 cm³/mol. The van der Waals surface area contributed by atoms with E-state index in [0.717, 1.165) is 0 Å². The number of carboxylic acid groups (broad SMARTS) is 3. The van der Waals surface area contributed by atoms with Crippen LogP contribution in [0.5, 0.6) is 0 Å². The molecule has 0 fully saturated rings. The Hall–Kier alpha value is -1.71. The van der Waals surface area contributed by atoms with E-state index in [1.165, 1.54) is 6.92 Å². The molecule has 0 aromatic heterocycles. The average Bonchev–Trinajstić information content (AvgIpc) is 1.98. The lowest BCUT2D eigenvalue weighted by molar-refractivity contribution is -0.170. The van der Waals surface area contributed by atoms with Gasteiger partial charge in [0, 0.05) is 0 Å². The smallest absolute Gasteiger partial charge is 0.336 e. The molecule has 0 rings (SSSR count). The standard InChI is InChI=1S/C6H8O7.C2H7NO/c7-3(8)1-6(13,5(11)12)2-4(9)10;1-2(3)4/h13H,1-2H2,(H,7,8)(H,9,10)(H,11,12);2,4H,3H2,1H3. The number of hydrogen-bond acceptors (Lipinski definition) is 6. The van der Waals surface area contributed by atoms with Crippen LogP contribution in [0.1, 0.15) is 19.8 Å².